The Morgan fingerprint density at radius 1 is 1.09 bits per heavy atom. The van der Waals surface area contributed by atoms with Crippen molar-refractivity contribution in [3.05, 3.63) is 88.6 Å². The van der Waals surface area contributed by atoms with Crippen molar-refractivity contribution in [3.63, 3.8) is 0 Å². The average Bonchev–Trinajstić information content (AvgIpc) is 2.86. The molecule has 35 heavy (non-hydrogen) atoms. The van der Waals surface area contributed by atoms with Crippen LogP contribution in [0.3, 0.4) is 0 Å². The van der Waals surface area contributed by atoms with Crippen LogP contribution in [0.1, 0.15) is 25.0 Å². The van der Waals surface area contributed by atoms with E-state index in [9.17, 15) is 14.4 Å². The highest BCUT2D eigenvalue weighted by Crippen LogP contribution is 2.41. The van der Waals surface area contributed by atoms with Crippen LogP contribution in [0.15, 0.2) is 77.5 Å². The first-order valence-corrected chi connectivity index (χ1v) is 12.4. The Kier molecular flexibility index (Phi) is 7.60. The number of allylic oxidation sites excluding steroid dienone is 2. The van der Waals surface area contributed by atoms with E-state index in [4.69, 9.17) is 9.47 Å². The molecule has 2 amide bonds. The Balaban J connectivity index is 1.47. The fourth-order valence-electron chi connectivity index (χ4n) is 4.04. The fourth-order valence-corrected chi connectivity index (χ4v) is 5.34. The molecule has 8 heteroatoms. The number of nitrogens with zero attached hydrogens (tertiary/aromatic N) is 1. The molecule has 0 aliphatic carbocycles. The summed E-state index contributed by atoms with van der Waals surface area (Å²) in [6.45, 7) is 3.95. The summed E-state index contributed by atoms with van der Waals surface area (Å²) in [5.41, 5.74) is 3.69. The molecule has 2 aliphatic heterocycles. The number of amides is 2. The zero-order chi connectivity index (χ0) is 24.9. The Morgan fingerprint density at radius 3 is 2.46 bits per heavy atom. The van der Waals surface area contributed by atoms with Crippen molar-refractivity contribution in [1.82, 2.24) is 10.2 Å². The number of rotatable bonds is 8. The molecule has 4 rings (SSSR count). The predicted molar refractivity (Wildman–Crippen MR) is 134 cm³/mol. The molecule has 2 aliphatic rings. The van der Waals surface area contributed by atoms with Crippen LogP contribution < -0.4 is 10.1 Å². The Morgan fingerprint density at radius 2 is 1.80 bits per heavy atom. The number of carbonyl (C=O) groups excluding carboxylic acids is 3. The molecular weight excluding hydrogens is 464 g/mol. The van der Waals surface area contributed by atoms with Crippen LogP contribution in [0.2, 0.25) is 0 Å². The second-order valence-electron chi connectivity index (χ2n) is 8.64. The maximum Gasteiger partial charge on any atom is 0.355 e. The molecule has 0 spiro atoms. The minimum atomic E-state index is -0.672. The van der Waals surface area contributed by atoms with Gasteiger partial charge in [-0.2, -0.15) is 0 Å². The first-order chi connectivity index (χ1) is 16.9. The number of benzene rings is 2. The van der Waals surface area contributed by atoms with Gasteiger partial charge in [0.25, 0.3) is 5.91 Å². The summed E-state index contributed by atoms with van der Waals surface area (Å²) in [5.74, 6) is 0.169. The van der Waals surface area contributed by atoms with Gasteiger partial charge in [-0.05, 0) is 42.7 Å². The summed E-state index contributed by atoms with van der Waals surface area (Å²) >= 11 is 1.53. The van der Waals surface area contributed by atoms with E-state index in [0.717, 1.165) is 22.3 Å². The summed E-state index contributed by atoms with van der Waals surface area (Å²) in [4.78, 5) is 40.3. The van der Waals surface area contributed by atoms with Crippen LogP contribution in [0.5, 0.6) is 5.75 Å². The van der Waals surface area contributed by atoms with E-state index >= 15 is 0 Å². The van der Waals surface area contributed by atoms with Crippen molar-refractivity contribution < 1.29 is 23.9 Å². The quantitative estimate of drug-likeness (QED) is 0.448. The van der Waals surface area contributed by atoms with E-state index < -0.39 is 12.0 Å². The van der Waals surface area contributed by atoms with Crippen LogP contribution in [0.4, 0.5) is 0 Å². The van der Waals surface area contributed by atoms with Crippen molar-refractivity contribution >= 4 is 29.5 Å². The number of ether oxygens (including phenoxy) is 2. The third-order valence-corrected chi connectivity index (χ3v) is 7.01. The third kappa shape index (κ3) is 5.59. The number of methoxy groups -OCH3 is 1. The van der Waals surface area contributed by atoms with Gasteiger partial charge in [0.15, 0.2) is 0 Å². The smallest absolute Gasteiger partial charge is 0.355 e. The Bertz CT molecular complexity index is 1170. The monoisotopic (exact) mass is 492 g/mol. The number of fused-ring (bicyclic) bond motifs is 1. The van der Waals surface area contributed by atoms with Gasteiger partial charge in [0.1, 0.15) is 29.5 Å². The number of β-lactam (4-membered cyclic amide) rings is 1. The lowest BCUT2D eigenvalue weighted by atomic mass is 10.0. The molecule has 0 radical (unpaired) electrons. The summed E-state index contributed by atoms with van der Waals surface area (Å²) < 4.78 is 10.8. The molecule has 1 fully saturated rings. The minimum Gasteiger partial charge on any atom is -0.497 e. The lowest BCUT2D eigenvalue weighted by Gasteiger charge is -2.49. The molecule has 7 nitrogen and oxygen atoms in total. The molecular formula is C27H28N2O5S. The van der Waals surface area contributed by atoms with Gasteiger partial charge in [-0.1, -0.05) is 54.1 Å². The van der Waals surface area contributed by atoms with Gasteiger partial charge in [-0.3, -0.25) is 14.5 Å². The van der Waals surface area contributed by atoms with E-state index in [0.29, 0.717) is 11.5 Å². The van der Waals surface area contributed by atoms with Crippen molar-refractivity contribution in [2.24, 2.45) is 0 Å². The molecule has 2 heterocycles. The normalized spacial score (nSPS) is 18.8. The molecule has 0 aromatic heterocycles. The highest BCUT2D eigenvalue weighted by atomic mass is 32.2. The van der Waals surface area contributed by atoms with Crippen molar-refractivity contribution in [3.8, 4) is 5.75 Å². The maximum absolute atomic E-state index is 13.2. The molecule has 0 unspecified atom stereocenters. The van der Waals surface area contributed by atoms with Crippen LogP contribution in [-0.2, 0) is 32.1 Å². The second-order valence-corrected chi connectivity index (χ2v) is 9.74. The molecule has 1 N–H and O–H groups in total. The zero-order valence-corrected chi connectivity index (χ0v) is 20.8. The molecule has 2 atom stereocenters. The topological polar surface area (TPSA) is 84.9 Å². The summed E-state index contributed by atoms with van der Waals surface area (Å²) in [7, 11) is 1.59. The fraction of sp³-hybridized carbons (Fsp3) is 0.296. The maximum atomic E-state index is 13.2. The van der Waals surface area contributed by atoms with Crippen molar-refractivity contribution in [1.29, 1.82) is 0 Å². The second kappa shape index (κ2) is 10.8. The number of esters is 1. The van der Waals surface area contributed by atoms with Crippen molar-refractivity contribution in [2.75, 3.05) is 12.9 Å². The largest absolute Gasteiger partial charge is 0.497 e. The minimum absolute atomic E-state index is 0.0749. The molecule has 182 valence electrons. The highest BCUT2D eigenvalue weighted by molar-refractivity contribution is 8.00. The van der Waals surface area contributed by atoms with Crippen LogP contribution in [-0.4, -0.2) is 47.0 Å². The summed E-state index contributed by atoms with van der Waals surface area (Å²) in [6.07, 6.45) is 2.10. The molecule has 0 saturated carbocycles. The van der Waals surface area contributed by atoms with Gasteiger partial charge in [0, 0.05) is 5.75 Å². The van der Waals surface area contributed by atoms with E-state index in [1.165, 1.54) is 16.7 Å². The van der Waals surface area contributed by atoms with Crippen LogP contribution in [0, 0.1) is 0 Å². The van der Waals surface area contributed by atoms with Crippen molar-refractivity contribution in [2.45, 2.75) is 38.3 Å². The molecule has 1 saturated heterocycles. The first kappa shape index (κ1) is 24.6. The summed E-state index contributed by atoms with van der Waals surface area (Å²) in [5, 5.41) is 2.50. The van der Waals surface area contributed by atoms with E-state index in [-0.39, 0.29) is 35.9 Å². The van der Waals surface area contributed by atoms with Gasteiger partial charge >= 0.3 is 5.97 Å². The number of carbonyl (C=O) groups is 3. The van der Waals surface area contributed by atoms with E-state index in [2.05, 4.69) is 5.32 Å². The van der Waals surface area contributed by atoms with Gasteiger partial charge < -0.3 is 14.8 Å². The van der Waals surface area contributed by atoms with Crippen LogP contribution in [0.25, 0.3) is 0 Å². The number of thioether (sulfide) groups is 1. The first-order valence-electron chi connectivity index (χ1n) is 11.3. The number of hydrogen-bond acceptors (Lipinski definition) is 6. The SMILES string of the molecule is COc1ccc(COC(=O)C2=C(C=C(C)C)CS[C@@H]3[C@H](NC(=O)Cc4ccccc4)C(=O)N23)cc1. The summed E-state index contributed by atoms with van der Waals surface area (Å²) in [6, 6.07) is 15.9. The lowest BCUT2D eigenvalue weighted by molar-refractivity contribution is -0.153. The van der Waals surface area contributed by atoms with Gasteiger partial charge in [-0.25, -0.2) is 4.79 Å². The average molecular weight is 493 g/mol. The van der Waals surface area contributed by atoms with Gasteiger partial charge in [0.2, 0.25) is 5.91 Å². The molecule has 0 bridgehead atoms. The molecule has 2 aromatic carbocycles. The Hall–Kier alpha value is -3.52. The van der Waals surface area contributed by atoms with Crippen LogP contribution >= 0.6 is 11.8 Å². The van der Waals surface area contributed by atoms with Gasteiger partial charge in [0.05, 0.1) is 13.5 Å². The third-order valence-electron chi connectivity index (χ3n) is 5.71. The standard InChI is InChI=1S/C27H28N2O5S/c1-17(2)13-20-16-35-26-23(28-22(30)14-18-7-5-4-6-8-18)25(31)29(26)24(20)27(32)34-15-19-9-11-21(33-3)12-10-19/h4-13,23,26H,14-16H2,1-3H3,(H,28,30)/t23-,26-/m1/s1. The predicted octanol–water partition coefficient (Wildman–Crippen LogP) is 3.60. The van der Waals surface area contributed by atoms with E-state index in [1.807, 2.05) is 62.4 Å². The zero-order valence-electron chi connectivity index (χ0n) is 19.9. The Labute approximate surface area is 209 Å². The lowest BCUT2D eigenvalue weighted by Crippen LogP contribution is -2.70. The van der Waals surface area contributed by atoms with Gasteiger partial charge in [-0.15, -0.1) is 11.8 Å². The molecule has 2 aromatic rings. The number of nitrogens with one attached hydrogen (secondary N) is 1. The highest BCUT2D eigenvalue weighted by Gasteiger charge is 2.54. The number of hydrogen-bond donors (Lipinski definition) is 1. The van der Waals surface area contributed by atoms with E-state index in [1.54, 1.807) is 19.2 Å².